The van der Waals surface area contributed by atoms with E-state index < -0.39 is 0 Å². The minimum atomic E-state index is -0.386. The molecule has 0 radical (unpaired) electrons. The molecule has 4 aromatic rings. The van der Waals surface area contributed by atoms with Gasteiger partial charge in [0.05, 0.1) is 6.67 Å². The van der Waals surface area contributed by atoms with Gasteiger partial charge in [-0.05, 0) is 44.3 Å². The molecule has 4 rings (SSSR count). The van der Waals surface area contributed by atoms with Crippen LogP contribution in [0.1, 0.15) is 18.0 Å². The van der Waals surface area contributed by atoms with Crippen LogP contribution < -0.4 is 5.73 Å². The second-order valence-electron chi connectivity index (χ2n) is 5.59. The Morgan fingerprint density at radius 2 is 1.43 bits per heavy atom. The summed E-state index contributed by atoms with van der Waals surface area (Å²) in [5.41, 5.74) is 7.20. The Kier molecular flexibility index (Phi) is 2.79. The number of benzene rings is 4. The second kappa shape index (κ2) is 4.68. The average molecular weight is 277 g/mol. The molecule has 0 aliphatic carbocycles. The topological polar surface area (TPSA) is 26.0 Å². The van der Waals surface area contributed by atoms with Crippen LogP contribution in [0.3, 0.4) is 0 Å². The summed E-state index contributed by atoms with van der Waals surface area (Å²) >= 11 is 0. The summed E-state index contributed by atoms with van der Waals surface area (Å²) in [5.74, 6) is 0. The summed E-state index contributed by atoms with van der Waals surface area (Å²) in [5, 5.41) is 7.37. The van der Waals surface area contributed by atoms with Crippen LogP contribution in [0.15, 0.2) is 54.6 Å². The summed E-state index contributed by atoms with van der Waals surface area (Å²) in [7, 11) is 0. The number of hydrogen-bond donors (Lipinski definition) is 1. The highest BCUT2D eigenvalue weighted by atomic mass is 19.1. The van der Waals surface area contributed by atoms with Gasteiger partial charge in [0, 0.05) is 6.04 Å². The van der Waals surface area contributed by atoms with E-state index in [0.717, 1.165) is 10.9 Å². The van der Waals surface area contributed by atoms with E-state index in [1.807, 2.05) is 6.07 Å². The third-order valence-electron chi connectivity index (χ3n) is 4.38. The highest BCUT2D eigenvalue weighted by Crippen LogP contribution is 2.37. The average Bonchev–Trinajstić information content (AvgIpc) is 2.52. The first kappa shape index (κ1) is 12.5. The summed E-state index contributed by atoms with van der Waals surface area (Å²) in [6, 6.07) is 18.8. The Bertz CT molecular complexity index is 913. The van der Waals surface area contributed by atoms with Gasteiger partial charge in [0.15, 0.2) is 0 Å². The lowest BCUT2D eigenvalue weighted by Crippen LogP contribution is -2.11. The first-order valence-electron chi connectivity index (χ1n) is 7.27. The number of nitrogens with two attached hydrogens (primary N) is 1. The lowest BCUT2D eigenvalue weighted by atomic mass is 9.89. The van der Waals surface area contributed by atoms with Crippen molar-refractivity contribution in [2.24, 2.45) is 5.73 Å². The molecule has 2 heteroatoms. The van der Waals surface area contributed by atoms with Gasteiger partial charge in [0.2, 0.25) is 0 Å². The Balaban J connectivity index is 2.15. The minimum absolute atomic E-state index is 0.250. The van der Waals surface area contributed by atoms with E-state index in [1.54, 1.807) is 0 Å². The van der Waals surface area contributed by atoms with Crippen molar-refractivity contribution < 1.29 is 4.39 Å². The molecule has 0 unspecified atom stereocenters. The van der Waals surface area contributed by atoms with E-state index in [2.05, 4.69) is 48.5 Å². The van der Waals surface area contributed by atoms with Crippen molar-refractivity contribution in [1.29, 1.82) is 0 Å². The third-order valence-corrected chi connectivity index (χ3v) is 4.38. The maximum atomic E-state index is 12.6. The predicted molar refractivity (Wildman–Crippen MR) is 87.7 cm³/mol. The Morgan fingerprint density at radius 3 is 2.14 bits per heavy atom. The maximum Gasteiger partial charge on any atom is 0.0912 e. The molecule has 0 bridgehead atoms. The van der Waals surface area contributed by atoms with E-state index in [0.29, 0.717) is 6.42 Å². The van der Waals surface area contributed by atoms with Crippen molar-refractivity contribution in [3.63, 3.8) is 0 Å². The van der Waals surface area contributed by atoms with Crippen LogP contribution >= 0.6 is 0 Å². The predicted octanol–water partition coefficient (Wildman–Crippen LogP) is 4.94. The molecule has 0 spiro atoms. The monoisotopic (exact) mass is 277 g/mol. The Hall–Kier alpha value is -2.19. The first-order valence-corrected chi connectivity index (χ1v) is 7.27. The molecular weight excluding hydrogens is 261 g/mol. The number of rotatable bonds is 3. The molecule has 4 aromatic carbocycles. The fourth-order valence-corrected chi connectivity index (χ4v) is 3.35. The molecule has 0 heterocycles. The van der Waals surface area contributed by atoms with Crippen molar-refractivity contribution in [2.75, 3.05) is 6.67 Å². The summed E-state index contributed by atoms with van der Waals surface area (Å²) in [6.07, 6.45) is 0.365. The van der Waals surface area contributed by atoms with E-state index in [4.69, 9.17) is 5.73 Å². The van der Waals surface area contributed by atoms with E-state index in [1.165, 1.54) is 26.9 Å². The smallest absolute Gasteiger partial charge is 0.0912 e. The number of hydrogen-bond acceptors (Lipinski definition) is 1. The van der Waals surface area contributed by atoms with E-state index >= 15 is 0 Å². The van der Waals surface area contributed by atoms with Crippen LogP contribution in [0.4, 0.5) is 4.39 Å². The maximum absolute atomic E-state index is 12.6. The van der Waals surface area contributed by atoms with Crippen molar-refractivity contribution in [2.45, 2.75) is 12.5 Å². The van der Waals surface area contributed by atoms with Crippen molar-refractivity contribution in [3.05, 3.63) is 60.2 Å². The molecule has 0 saturated heterocycles. The highest BCUT2D eigenvalue weighted by molar-refractivity contribution is 6.23. The van der Waals surface area contributed by atoms with Gasteiger partial charge in [-0.25, -0.2) is 0 Å². The fourth-order valence-electron chi connectivity index (χ4n) is 3.35. The molecule has 2 N–H and O–H groups in total. The van der Waals surface area contributed by atoms with Crippen molar-refractivity contribution in [1.82, 2.24) is 0 Å². The van der Waals surface area contributed by atoms with Gasteiger partial charge in [-0.2, -0.15) is 0 Å². The quantitative estimate of drug-likeness (QED) is 0.527. The van der Waals surface area contributed by atoms with E-state index in [9.17, 15) is 4.39 Å². The Labute approximate surface area is 122 Å². The van der Waals surface area contributed by atoms with Gasteiger partial charge in [-0.3, -0.25) is 4.39 Å². The molecule has 0 saturated carbocycles. The van der Waals surface area contributed by atoms with Crippen LogP contribution in [-0.2, 0) is 0 Å². The molecule has 21 heavy (non-hydrogen) atoms. The molecular formula is C19H16FN. The van der Waals surface area contributed by atoms with Gasteiger partial charge in [0.1, 0.15) is 0 Å². The largest absolute Gasteiger partial charge is 0.324 e. The molecule has 0 amide bonds. The van der Waals surface area contributed by atoms with Crippen LogP contribution in [0.2, 0.25) is 0 Å². The standard InChI is InChI=1S/C19H16FN/c20-11-10-17(21)15-8-6-14-5-4-12-2-1-3-13-7-9-16(15)19(14)18(12)13/h1-9,17H,10-11,21H2/t17-/m1/s1. The van der Waals surface area contributed by atoms with Gasteiger partial charge < -0.3 is 5.73 Å². The summed E-state index contributed by atoms with van der Waals surface area (Å²) in [4.78, 5) is 0. The normalized spacial score (nSPS) is 13.4. The molecule has 0 fully saturated rings. The number of alkyl halides is 1. The van der Waals surface area contributed by atoms with E-state index in [-0.39, 0.29) is 12.7 Å². The first-order chi connectivity index (χ1) is 10.3. The van der Waals surface area contributed by atoms with Crippen LogP contribution in [0.25, 0.3) is 32.3 Å². The second-order valence-corrected chi connectivity index (χ2v) is 5.59. The highest BCUT2D eigenvalue weighted by Gasteiger charge is 2.14. The minimum Gasteiger partial charge on any atom is -0.324 e. The SMILES string of the molecule is N[C@H](CCF)c1ccc2ccc3cccc4ccc1c2c34. The van der Waals surface area contributed by atoms with Gasteiger partial charge in [-0.15, -0.1) is 0 Å². The van der Waals surface area contributed by atoms with Crippen LogP contribution in [0, 0.1) is 0 Å². The molecule has 1 nitrogen and oxygen atoms in total. The lowest BCUT2D eigenvalue weighted by molar-refractivity contribution is 0.443. The zero-order valence-corrected chi connectivity index (χ0v) is 11.6. The summed E-state index contributed by atoms with van der Waals surface area (Å²) in [6.45, 7) is -0.386. The Morgan fingerprint density at radius 1 is 0.810 bits per heavy atom. The molecule has 0 aliphatic heterocycles. The lowest BCUT2D eigenvalue weighted by Gasteiger charge is -2.17. The van der Waals surface area contributed by atoms with Gasteiger partial charge >= 0.3 is 0 Å². The zero-order chi connectivity index (χ0) is 14.4. The summed E-state index contributed by atoms with van der Waals surface area (Å²) < 4.78 is 12.6. The number of halogens is 1. The van der Waals surface area contributed by atoms with Crippen LogP contribution in [0.5, 0.6) is 0 Å². The fraction of sp³-hybridized carbons (Fsp3) is 0.158. The molecule has 0 aliphatic rings. The van der Waals surface area contributed by atoms with Crippen molar-refractivity contribution >= 4 is 32.3 Å². The molecule has 104 valence electrons. The zero-order valence-electron chi connectivity index (χ0n) is 11.6. The van der Waals surface area contributed by atoms with Crippen molar-refractivity contribution in [3.8, 4) is 0 Å². The van der Waals surface area contributed by atoms with Gasteiger partial charge in [0.25, 0.3) is 0 Å². The molecule has 1 atom stereocenters. The van der Waals surface area contributed by atoms with Crippen LogP contribution in [-0.4, -0.2) is 6.67 Å². The third kappa shape index (κ3) is 1.79. The molecule has 0 aromatic heterocycles. The van der Waals surface area contributed by atoms with Gasteiger partial charge in [-0.1, -0.05) is 54.6 Å².